The van der Waals surface area contributed by atoms with Gasteiger partial charge < -0.3 is 5.73 Å². The lowest BCUT2D eigenvalue weighted by atomic mass is 9.75. The first kappa shape index (κ1) is 13.5. The van der Waals surface area contributed by atoms with Crippen LogP contribution in [0.2, 0.25) is 0 Å². The number of halogens is 1. The zero-order chi connectivity index (χ0) is 13.1. The second kappa shape index (κ2) is 5.79. The second-order valence-electron chi connectivity index (χ2n) is 5.50. The van der Waals surface area contributed by atoms with Gasteiger partial charge in [-0.15, -0.1) is 0 Å². The molecule has 0 aromatic carbocycles. The van der Waals surface area contributed by atoms with Crippen LogP contribution in [-0.2, 0) is 0 Å². The Morgan fingerprint density at radius 3 is 2.67 bits per heavy atom. The Kier molecular flexibility index (Phi) is 4.33. The minimum Gasteiger partial charge on any atom is -0.327 e. The van der Waals surface area contributed by atoms with E-state index in [1.165, 1.54) is 12.8 Å². The molecule has 0 spiro atoms. The van der Waals surface area contributed by atoms with Crippen LogP contribution in [0.1, 0.15) is 56.1 Å². The number of hydrogen-bond acceptors (Lipinski definition) is 2. The predicted molar refractivity (Wildman–Crippen MR) is 71.9 cm³/mol. The molecule has 0 radical (unpaired) electrons. The molecule has 0 amide bonds. The molecule has 1 fully saturated rings. The summed E-state index contributed by atoms with van der Waals surface area (Å²) in [6.07, 6.45) is 7.23. The third kappa shape index (κ3) is 2.72. The zero-order valence-corrected chi connectivity index (χ0v) is 11.3. The zero-order valence-electron chi connectivity index (χ0n) is 11.3. The Morgan fingerprint density at radius 2 is 2.06 bits per heavy atom. The average molecular weight is 250 g/mol. The summed E-state index contributed by atoms with van der Waals surface area (Å²) in [5.74, 6) is 0.820. The first-order valence-corrected chi connectivity index (χ1v) is 7.00. The molecule has 2 nitrogen and oxygen atoms in total. The van der Waals surface area contributed by atoms with Crippen LogP contribution >= 0.6 is 0 Å². The average Bonchev–Trinajstić information content (AvgIpc) is 2.41. The molecule has 1 aliphatic carbocycles. The van der Waals surface area contributed by atoms with Crippen molar-refractivity contribution in [3.63, 3.8) is 0 Å². The molecular formula is C15H23FN2. The first-order valence-electron chi connectivity index (χ1n) is 7.00. The Morgan fingerprint density at radius 1 is 1.39 bits per heavy atom. The molecule has 3 heteroatoms. The fourth-order valence-corrected chi connectivity index (χ4v) is 3.16. The number of hydrogen-bond donors (Lipinski definition) is 1. The van der Waals surface area contributed by atoms with E-state index in [0.29, 0.717) is 17.9 Å². The van der Waals surface area contributed by atoms with Crippen LogP contribution < -0.4 is 5.73 Å². The summed E-state index contributed by atoms with van der Waals surface area (Å²) in [5, 5.41) is 0. The molecule has 1 unspecified atom stereocenters. The van der Waals surface area contributed by atoms with Gasteiger partial charge in [0.05, 0.1) is 0 Å². The summed E-state index contributed by atoms with van der Waals surface area (Å²) >= 11 is 0. The smallest absolute Gasteiger partial charge is 0.216 e. The predicted octanol–water partition coefficient (Wildman–Crippen LogP) is 3.54. The highest BCUT2D eigenvalue weighted by molar-refractivity contribution is 5.27. The van der Waals surface area contributed by atoms with E-state index in [0.717, 1.165) is 30.4 Å². The minimum atomic E-state index is -0.320. The summed E-state index contributed by atoms with van der Waals surface area (Å²) in [6.45, 7) is 3.99. The molecule has 2 rings (SSSR count). The number of nitrogens with zero attached hydrogens (tertiary/aromatic N) is 1. The number of aromatic nitrogens is 1. The van der Waals surface area contributed by atoms with Crippen LogP contribution in [0.15, 0.2) is 12.3 Å². The van der Waals surface area contributed by atoms with Crippen molar-refractivity contribution in [3.05, 3.63) is 29.3 Å². The molecule has 0 bridgehead atoms. The van der Waals surface area contributed by atoms with Crippen molar-refractivity contribution in [1.29, 1.82) is 0 Å². The van der Waals surface area contributed by atoms with Crippen molar-refractivity contribution in [2.75, 3.05) is 0 Å². The quantitative estimate of drug-likeness (QED) is 0.833. The van der Waals surface area contributed by atoms with Crippen LogP contribution in [0.4, 0.5) is 4.39 Å². The van der Waals surface area contributed by atoms with Gasteiger partial charge in [0.1, 0.15) is 0 Å². The van der Waals surface area contributed by atoms with E-state index in [-0.39, 0.29) is 5.95 Å². The molecule has 1 aromatic heterocycles. The summed E-state index contributed by atoms with van der Waals surface area (Å²) in [4.78, 5) is 3.70. The van der Waals surface area contributed by atoms with Crippen LogP contribution in [0.25, 0.3) is 0 Å². The van der Waals surface area contributed by atoms with Crippen molar-refractivity contribution < 1.29 is 4.39 Å². The highest BCUT2D eigenvalue weighted by Crippen LogP contribution is 2.38. The number of nitrogens with two attached hydrogens (primary N) is 1. The maximum absolute atomic E-state index is 13.5. The third-order valence-electron chi connectivity index (χ3n) is 4.47. The maximum atomic E-state index is 13.5. The Balaban J connectivity index is 2.03. The van der Waals surface area contributed by atoms with Crippen molar-refractivity contribution in [2.24, 2.45) is 11.7 Å². The standard InChI is InChI=1S/C15H23FN2/c1-3-14(17)12-6-4-11(5-7-12)13-8-9-18-15(16)10(13)2/h8-9,11-12,14H,3-7,17H2,1-2H3/t11-,12+,14?. The fraction of sp³-hybridized carbons (Fsp3) is 0.667. The van der Waals surface area contributed by atoms with Gasteiger partial charge in [-0.2, -0.15) is 4.39 Å². The third-order valence-corrected chi connectivity index (χ3v) is 4.47. The molecule has 1 heterocycles. The van der Waals surface area contributed by atoms with Gasteiger partial charge in [0.15, 0.2) is 0 Å². The van der Waals surface area contributed by atoms with Crippen molar-refractivity contribution in [1.82, 2.24) is 4.98 Å². The van der Waals surface area contributed by atoms with E-state index in [4.69, 9.17) is 5.73 Å². The van der Waals surface area contributed by atoms with Gasteiger partial charge >= 0.3 is 0 Å². The summed E-state index contributed by atoms with van der Waals surface area (Å²) in [6, 6.07) is 2.31. The second-order valence-corrected chi connectivity index (χ2v) is 5.50. The summed E-state index contributed by atoms with van der Waals surface area (Å²) in [7, 11) is 0. The highest BCUT2D eigenvalue weighted by atomic mass is 19.1. The van der Waals surface area contributed by atoms with Gasteiger partial charge in [0.25, 0.3) is 0 Å². The van der Waals surface area contributed by atoms with E-state index in [1.54, 1.807) is 6.20 Å². The lowest BCUT2D eigenvalue weighted by molar-refractivity contribution is 0.277. The maximum Gasteiger partial charge on any atom is 0.216 e. The molecule has 1 aliphatic rings. The summed E-state index contributed by atoms with van der Waals surface area (Å²) in [5.41, 5.74) is 7.98. The van der Waals surface area contributed by atoms with E-state index in [2.05, 4.69) is 11.9 Å². The lowest BCUT2D eigenvalue weighted by Crippen LogP contribution is -2.32. The molecule has 0 saturated heterocycles. The fourth-order valence-electron chi connectivity index (χ4n) is 3.16. The van der Waals surface area contributed by atoms with E-state index in [9.17, 15) is 4.39 Å². The molecule has 2 N–H and O–H groups in total. The molecule has 100 valence electrons. The topological polar surface area (TPSA) is 38.9 Å². The van der Waals surface area contributed by atoms with Crippen molar-refractivity contribution in [3.8, 4) is 0 Å². The molecule has 18 heavy (non-hydrogen) atoms. The Labute approximate surface area is 109 Å². The van der Waals surface area contributed by atoms with E-state index >= 15 is 0 Å². The van der Waals surface area contributed by atoms with Gasteiger partial charge in [-0.1, -0.05) is 6.92 Å². The van der Waals surface area contributed by atoms with Crippen molar-refractivity contribution in [2.45, 2.75) is 57.9 Å². The van der Waals surface area contributed by atoms with E-state index < -0.39 is 0 Å². The SMILES string of the molecule is CCC(N)[C@H]1CC[C@@H](c2ccnc(F)c2C)CC1. The van der Waals surface area contributed by atoms with Crippen molar-refractivity contribution >= 4 is 0 Å². The van der Waals surface area contributed by atoms with Gasteiger partial charge in [-0.05, 0) is 62.5 Å². The van der Waals surface area contributed by atoms with Gasteiger partial charge in [0.2, 0.25) is 5.95 Å². The molecular weight excluding hydrogens is 227 g/mol. The van der Waals surface area contributed by atoms with Gasteiger partial charge in [-0.25, -0.2) is 4.98 Å². The molecule has 1 saturated carbocycles. The van der Waals surface area contributed by atoms with E-state index in [1.807, 2.05) is 13.0 Å². The summed E-state index contributed by atoms with van der Waals surface area (Å²) < 4.78 is 13.5. The lowest BCUT2D eigenvalue weighted by Gasteiger charge is -2.32. The molecule has 1 atom stereocenters. The normalized spacial score (nSPS) is 26.0. The number of rotatable bonds is 3. The van der Waals surface area contributed by atoms with Crippen LogP contribution in [0.5, 0.6) is 0 Å². The Bertz CT molecular complexity index is 397. The Hall–Kier alpha value is -0.960. The van der Waals surface area contributed by atoms with Crippen LogP contribution in [0.3, 0.4) is 0 Å². The monoisotopic (exact) mass is 250 g/mol. The van der Waals surface area contributed by atoms with Crippen LogP contribution in [-0.4, -0.2) is 11.0 Å². The largest absolute Gasteiger partial charge is 0.327 e. The highest BCUT2D eigenvalue weighted by Gasteiger charge is 2.26. The van der Waals surface area contributed by atoms with Gasteiger partial charge in [0, 0.05) is 17.8 Å². The first-order chi connectivity index (χ1) is 8.63. The van der Waals surface area contributed by atoms with Gasteiger partial charge in [-0.3, -0.25) is 0 Å². The van der Waals surface area contributed by atoms with Crippen LogP contribution in [0, 0.1) is 18.8 Å². The minimum absolute atomic E-state index is 0.320. The number of pyridine rings is 1. The molecule has 1 aromatic rings. The molecule has 0 aliphatic heterocycles.